The number of phenolic OH excluding ortho intramolecular Hbond substituents is 1. The number of phenols is 1. The number of alkyl halides is 3. The second-order valence-electron chi connectivity index (χ2n) is 10.7. The van der Waals surface area contributed by atoms with Crippen LogP contribution in [0.5, 0.6) is 17.2 Å². The van der Waals surface area contributed by atoms with Crippen LogP contribution in [-0.4, -0.2) is 93.8 Å². The molecule has 1 amide bonds. The minimum Gasteiger partial charge on any atom is -0.508 e. The van der Waals surface area contributed by atoms with Gasteiger partial charge < -0.3 is 34.6 Å². The third-order valence-electron chi connectivity index (χ3n) is 7.79. The summed E-state index contributed by atoms with van der Waals surface area (Å²) in [5.41, 5.74) is -2.22. The van der Waals surface area contributed by atoms with Crippen LogP contribution in [0.25, 0.3) is 0 Å². The van der Waals surface area contributed by atoms with Crippen LogP contribution < -0.4 is 9.47 Å². The molecule has 2 aromatic carbocycles. The summed E-state index contributed by atoms with van der Waals surface area (Å²) in [6.07, 6.45) is -4.08. The number of aliphatic hydroxyl groups is 2. The summed E-state index contributed by atoms with van der Waals surface area (Å²) in [6.45, 7) is 0.337. The number of amides is 1. The van der Waals surface area contributed by atoms with Crippen LogP contribution in [0.4, 0.5) is 13.2 Å². The van der Waals surface area contributed by atoms with Gasteiger partial charge in [-0.3, -0.25) is 4.79 Å². The van der Waals surface area contributed by atoms with Gasteiger partial charge in [0.05, 0.1) is 12.1 Å². The first-order chi connectivity index (χ1) is 18.4. The molecule has 1 spiro atoms. The van der Waals surface area contributed by atoms with Gasteiger partial charge in [0.2, 0.25) is 0 Å². The van der Waals surface area contributed by atoms with Gasteiger partial charge in [0.25, 0.3) is 5.91 Å². The molecule has 0 radical (unpaired) electrons. The minimum atomic E-state index is -4.86. The van der Waals surface area contributed by atoms with Gasteiger partial charge in [-0.1, -0.05) is 11.6 Å². The SMILES string of the molecule is O=C(c1ccc(O)cc1OC[C@@H](O)CN1CCC2(CC1)Cc1cc(Cl)ccc1O2)N1CCC(O)(C(F)(F)F)C1. The number of ether oxygens (including phenoxy) is 2. The third-order valence-corrected chi connectivity index (χ3v) is 8.02. The standard InChI is InChI=1S/C27H30ClF3N2O6/c28-18-1-4-22-17(11-18)13-25(39-22)5-8-32(9-6-25)14-20(35)15-38-23-12-19(34)2-3-21(23)24(36)33-10-7-26(37,16-33)27(29,30)31/h1-4,11-12,20,34-35,37H,5-10,13-16H2/t20-,26?/m0/s1. The van der Waals surface area contributed by atoms with E-state index in [1.807, 2.05) is 18.2 Å². The van der Waals surface area contributed by atoms with Gasteiger partial charge in [0, 0.05) is 63.0 Å². The number of benzene rings is 2. The molecule has 0 bridgehead atoms. The molecule has 12 heteroatoms. The van der Waals surface area contributed by atoms with Crippen molar-refractivity contribution in [2.24, 2.45) is 0 Å². The molecular formula is C27H30ClF3N2O6. The van der Waals surface area contributed by atoms with Crippen molar-refractivity contribution in [3.63, 3.8) is 0 Å². The Bertz CT molecular complexity index is 1240. The first-order valence-corrected chi connectivity index (χ1v) is 13.2. The fourth-order valence-corrected chi connectivity index (χ4v) is 5.73. The average molecular weight is 571 g/mol. The Morgan fingerprint density at radius 2 is 1.87 bits per heavy atom. The number of hydrogen-bond acceptors (Lipinski definition) is 7. The lowest BCUT2D eigenvalue weighted by Crippen LogP contribution is -2.49. The van der Waals surface area contributed by atoms with Gasteiger partial charge in [-0.05, 0) is 35.9 Å². The van der Waals surface area contributed by atoms with Gasteiger partial charge >= 0.3 is 6.18 Å². The molecule has 5 rings (SSSR count). The van der Waals surface area contributed by atoms with E-state index >= 15 is 0 Å². The van der Waals surface area contributed by atoms with Crippen molar-refractivity contribution in [1.82, 2.24) is 9.80 Å². The van der Waals surface area contributed by atoms with Crippen LogP contribution in [-0.2, 0) is 6.42 Å². The average Bonchev–Trinajstić information content (AvgIpc) is 3.45. The molecular weight excluding hydrogens is 541 g/mol. The monoisotopic (exact) mass is 570 g/mol. The molecule has 0 saturated carbocycles. The molecule has 0 aliphatic carbocycles. The Balaban J connectivity index is 1.15. The number of rotatable bonds is 6. The number of carbonyl (C=O) groups is 1. The second-order valence-corrected chi connectivity index (χ2v) is 11.1. The molecule has 2 fully saturated rings. The van der Waals surface area contributed by atoms with Gasteiger partial charge in [-0.25, -0.2) is 0 Å². The molecule has 1 unspecified atom stereocenters. The molecule has 8 nitrogen and oxygen atoms in total. The Morgan fingerprint density at radius 3 is 2.56 bits per heavy atom. The zero-order valence-electron chi connectivity index (χ0n) is 21.1. The lowest BCUT2D eigenvalue weighted by molar-refractivity contribution is -0.253. The number of halogens is 4. The highest BCUT2D eigenvalue weighted by Crippen LogP contribution is 2.42. The smallest absolute Gasteiger partial charge is 0.419 e. The van der Waals surface area contributed by atoms with Crippen LogP contribution in [0.3, 0.4) is 0 Å². The number of aromatic hydroxyl groups is 1. The van der Waals surface area contributed by atoms with E-state index in [0.29, 0.717) is 24.7 Å². The zero-order chi connectivity index (χ0) is 28.0. The van der Waals surface area contributed by atoms with Crippen LogP contribution in [0, 0.1) is 0 Å². The highest BCUT2D eigenvalue weighted by Gasteiger charge is 2.58. The van der Waals surface area contributed by atoms with E-state index in [0.717, 1.165) is 35.5 Å². The Morgan fingerprint density at radius 1 is 1.13 bits per heavy atom. The molecule has 3 aliphatic heterocycles. The first-order valence-electron chi connectivity index (χ1n) is 12.8. The maximum atomic E-state index is 13.2. The summed E-state index contributed by atoms with van der Waals surface area (Å²) < 4.78 is 51.5. The van der Waals surface area contributed by atoms with Crippen LogP contribution >= 0.6 is 11.6 Å². The van der Waals surface area contributed by atoms with Gasteiger partial charge in [0.15, 0.2) is 5.60 Å². The van der Waals surface area contributed by atoms with Crippen LogP contribution in [0.1, 0.15) is 35.2 Å². The van der Waals surface area contributed by atoms with Crippen LogP contribution in [0.2, 0.25) is 5.02 Å². The summed E-state index contributed by atoms with van der Waals surface area (Å²) in [5.74, 6) is -0.172. The summed E-state index contributed by atoms with van der Waals surface area (Å²) in [5, 5.41) is 31.1. The summed E-state index contributed by atoms with van der Waals surface area (Å²) in [4.78, 5) is 16.0. The predicted octanol–water partition coefficient (Wildman–Crippen LogP) is 3.39. The number of likely N-dealkylation sites (tertiary alicyclic amines) is 2. The molecule has 2 atom stereocenters. The summed E-state index contributed by atoms with van der Waals surface area (Å²) >= 11 is 6.11. The van der Waals surface area contributed by atoms with Crippen molar-refractivity contribution in [3.8, 4) is 17.2 Å². The van der Waals surface area contributed by atoms with E-state index in [-0.39, 0.29) is 35.8 Å². The molecule has 39 heavy (non-hydrogen) atoms. The van der Waals surface area contributed by atoms with Crippen molar-refractivity contribution < 1.29 is 42.8 Å². The molecule has 212 valence electrons. The fraction of sp³-hybridized carbons (Fsp3) is 0.519. The van der Waals surface area contributed by atoms with Crippen molar-refractivity contribution in [1.29, 1.82) is 0 Å². The highest BCUT2D eigenvalue weighted by molar-refractivity contribution is 6.30. The zero-order valence-corrected chi connectivity index (χ0v) is 21.8. The number of aliphatic hydroxyl groups excluding tert-OH is 1. The Hall–Kier alpha value is -2.73. The van der Waals surface area contributed by atoms with E-state index in [1.165, 1.54) is 18.2 Å². The normalized spacial score (nSPS) is 23.5. The van der Waals surface area contributed by atoms with Crippen molar-refractivity contribution in [3.05, 3.63) is 52.5 Å². The van der Waals surface area contributed by atoms with Gasteiger partial charge in [-0.2, -0.15) is 13.2 Å². The highest BCUT2D eigenvalue weighted by atomic mass is 35.5. The maximum Gasteiger partial charge on any atom is 0.419 e. The van der Waals surface area contributed by atoms with E-state index < -0.39 is 36.8 Å². The topological polar surface area (TPSA) is 103 Å². The summed E-state index contributed by atoms with van der Waals surface area (Å²) in [7, 11) is 0. The van der Waals surface area contributed by atoms with Gasteiger partial charge in [0.1, 0.15) is 35.6 Å². The lowest BCUT2D eigenvalue weighted by Gasteiger charge is -2.39. The van der Waals surface area contributed by atoms with Crippen LogP contribution in [0.15, 0.2) is 36.4 Å². The third kappa shape index (κ3) is 5.77. The second kappa shape index (κ2) is 10.3. The summed E-state index contributed by atoms with van der Waals surface area (Å²) in [6, 6.07) is 9.28. The number of fused-ring (bicyclic) bond motifs is 1. The Kier molecular flexibility index (Phi) is 7.38. The van der Waals surface area contributed by atoms with Crippen molar-refractivity contribution in [2.45, 2.75) is 49.2 Å². The van der Waals surface area contributed by atoms with E-state index in [4.69, 9.17) is 21.1 Å². The molecule has 2 aromatic rings. The lowest BCUT2D eigenvalue weighted by atomic mass is 9.87. The maximum absolute atomic E-state index is 13.2. The Labute approximate surface area is 228 Å². The molecule has 3 aliphatic rings. The van der Waals surface area contributed by atoms with E-state index in [1.54, 1.807) is 0 Å². The molecule has 0 aromatic heterocycles. The number of piperidine rings is 1. The number of carbonyl (C=O) groups excluding carboxylic acids is 1. The fourth-order valence-electron chi connectivity index (χ4n) is 5.54. The molecule has 3 heterocycles. The van der Waals surface area contributed by atoms with Crippen molar-refractivity contribution in [2.75, 3.05) is 39.3 Å². The van der Waals surface area contributed by atoms with E-state index in [9.17, 15) is 33.3 Å². The number of nitrogens with zero attached hydrogens (tertiary/aromatic N) is 2. The largest absolute Gasteiger partial charge is 0.508 e. The van der Waals surface area contributed by atoms with E-state index in [2.05, 4.69) is 4.90 Å². The predicted molar refractivity (Wildman–Crippen MR) is 135 cm³/mol. The molecule has 3 N–H and O–H groups in total. The first kappa shape index (κ1) is 27.8. The number of hydrogen-bond donors (Lipinski definition) is 3. The van der Waals surface area contributed by atoms with Gasteiger partial charge in [-0.15, -0.1) is 0 Å². The van der Waals surface area contributed by atoms with Crippen molar-refractivity contribution >= 4 is 17.5 Å². The molecule has 2 saturated heterocycles. The quantitative estimate of drug-likeness (QED) is 0.489. The number of β-amino-alcohol motifs (C(OH)–C–C–N with tert-alkyl or cyclic N) is 2. The minimum absolute atomic E-state index is 0.0603.